The molecule has 0 radical (unpaired) electrons. The first-order valence-corrected chi connectivity index (χ1v) is 6.16. The van der Waals surface area contributed by atoms with E-state index in [9.17, 15) is 18.7 Å². The number of carboxylic acid groups (broad SMARTS) is 1. The van der Waals surface area contributed by atoms with Crippen LogP contribution in [0.15, 0.2) is 28.7 Å². The number of aliphatic carboxylic acids is 1. The predicted octanol–water partition coefficient (Wildman–Crippen LogP) is 3.17. The SMILES string of the molecule is O=C(O)[C@]1(c2cccc(Br)c2)C[C@H](OC(F)F)C1. The highest BCUT2D eigenvalue weighted by molar-refractivity contribution is 9.10. The molecule has 0 atom stereocenters. The van der Waals surface area contributed by atoms with Crippen molar-refractivity contribution in [3.05, 3.63) is 34.3 Å². The molecule has 6 heteroatoms. The molecule has 2 rings (SSSR count). The molecule has 1 aromatic carbocycles. The zero-order valence-electron chi connectivity index (χ0n) is 9.28. The smallest absolute Gasteiger partial charge is 0.345 e. The second-order valence-corrected chi connectivity index (χ2v) is 5.24. The average Bonchev–Trinajstić information content (AvgIpc) is 2.21. The number of halogens is 3. The minimum atomic E-state index is -2.86. The Labute approximate surface area is 111 Å². The van der Waals surface area contributed by atoms with Crippen molar-refractivity contribution < 1.29 is 23.4 Å². The number of carbonyl (C=O) groups is 1. The maximum absolute atomic E-state index is 12.0. The largest absolute Gasteiger partial charge is 0.481 e. The van der Waals surface area contributed by atoms with Crippen molar-refractivity contribution in [2.45, 2.75) is 31.0 Å². The highest BCUT2D eigenvalue weighted by Gasteiger charge is 2.53. The molecule has 1 saturated carbocycles. The summed E-state index contributed by atoms with van der Waals surface area (Å²) in [6.45, 7) is -2.86. The van der Waals surface area contributed by atoms with Gasteiger partial charge in [-0.2, -0.15) is 8.78 Å². The van der Waals surface area contributed by atoms with E-state index < -0.39 is 24.1 Å². The van der Waals surface area contributed by atoms with E-state index in [2.05, 4.69) is 20.7 Å². The molecule has 1 fully saturated rings. The summed E-state index contributed by atoms with van der Waals surface area (Å²) in [5.41, 5.74) is -0.498. The van der Waals surface area contributed by atoms with Crippen molar-refractivity contribution in [1.82, 2.24) is 0 Å². The van der Waals surface area contributed by atoms with E-state index in [-0.39, 0.29) is 12.8 Å². The average molecular weight is 321 g/mol. The molecule has 18 heavy (non-hydrogen) atoms. The van der Waals surface area contributed by atoms with Gasteiger partial charge in [0.15, 0.2) is 0 Å². The molecular weight excluding hydrogens is 310 g/mol. The highest BCUT2D eigenvalue weighted by Crippen LogP contribution is 2.46. The molecule has 0 heterocycles. The van der Waals surface area contributed by atoms with Gasteiger partial charge in [-0.1, -0.05) is 28.1 Å². The van der Waals surface area contributed by atoms with Crippen LogP contribution in [0.5, 0.6) is 0 Å². The van der Waals surface area contributed by atoms with Gasteiger partial charge in [-0.15, -0.1) is 0 Å². The van der Waals surface area contributed by atoms with Crippen LogP contribution in [-0.2, 0) is 14.9 Å². The summed E-state index contributed by atoms with van der Waals surface area (Å²) in [5.74, 6) is -1.00. The molecule has 0 unspecified atom stereocenters. The van der Waals surface area contributed by atoms with Crippen molar-refractivity contribution in [2.75, 3.05) is 0 Å². The molecule has 0 amide bonds. The summed E-state index contributed by atoms with van der Waals surface area (Å²) in [5, 5.41) is 9.32. The quantitative estimate of drug-likeness (QED) is 0.926. The van der Waals surface area contributed by atoms with E-state index >= 15 is 0 Å². The van der Waals surface area contributed by atoms with Crippen molar-refractivity contribution >= 4 is 21.9 Å². The van der Waals surface area contributed by atoms with Crippen LogP contribution < -0.4 is 0 Å². The van der Waals surface area contributed by atoms with Crippen LogP contribution >= 0.6 is 15.9 Å². The third kappa shape index (κ3) is 2.40. The van der Waals surface area contributed by atoms with Crippen LogP contribution in [0, 0.1) is 0 Å². The molecule has 0 bridgehead atoms. The molecule has 1 aliphatic rings. The van der Waals surface area contributed by atoms with Gasteiger partial charge in [-0.05, 0) is 30.5 Å². The highest BCUT2D eigenvalue weighted by atomic mass is 79.9. The maximum Gasteiger partial charge on any atom is 0.345 e. The minimum absolute atomic E-state index is 0.0725. The van der Waals surface area contributed by atoms with Crippen molar-refractivity contribution in [3.8, 4) is 0 Å². The van der Waals surface area contributed by atoms with E-state index in [4.69, 9.17) is 0 Å². The number of rotatable bonds is 4. The van der Waals surface area contributed by atoms with Crippen LogP contribution in [0.2, 0.25) is 0 Å². The van der Waals surface area contributed by atoms with Gasteiger partial charge < -0.3 is 9.84 Å². The van der Waals surface area contributed by atoms with Gasteiger partial charge in [0.1, 0.15) is 0 Å². The molecule has 1 N–H and O–H groups in total. The van der Waals surface area contributed by atoms with Crippen LogP contribution in [0.3, 0.4) is 0 Å². The molecule has 3 nitrogen and oxygen atoms in total. The Morgan fingerprint density at radius 1 is 1.50 bits per heavy atom. The first-order valence-electron chi connectivity index (χ1n) is 5.37. The van der Waals surface area contributed by atoms with Crippen molar-refractivity contribution in [3.63, 3.8) is 0 Å². The molecule has 1 aromatic rings. The second-order valence-electron chi connectivity index (χ2n) is 4.32. The van der Waals surface area contributed by atoms with Gasteiger partial charge in [0.05, 0.1) is 11.5 Å². The molecule has 98 valence electrons. The number of hydrogen-bond acceptors (Lipinski definition) is 2. The summed E-state index contributed by atoms with van der Waals surface area (Å²) in [6, 6.07) is 6.90. The number of carboxylic acids is 1. The second kappa shape index (κ2) is 4.93. The van der Waals surface area contributed by atoms with E-state index in [1.54, 1.807) is 24.3 Å². The van der Waals surface area contributed by atoms with Gasteiger partial charge in [0, 0.05) is 4.47 Å². The zero-order chi connectivity index (χ0) is 13.3. The molecule has 0 saturated heterocycles. The first-order chi connectivity index (χ1) is 8.44. The Hall–Kier alpha value is -1.01. The van der Waals surface area contributed by atoms with Crippen LogP contribution in [0.1, 0.15) is 18.4 Å². The Kier molecular flexibility index (Phi) is 3.68. The van der Waals surface area contributed by atoms with Gasteiger partial charge in [0.25, 0.3) is 0 Å². The molecular formula is C12H11BrF2O3. The van der Waals surface area contributed by atoms with Crippen LogP contribution in [0.4, 0.5) is 8.78 Å². The number of hydrogen-bond donors (Lipinski definition) is 1. The maximum atomic E-state index is 12.0. The predicted molar refractivity (Wildman–Crippen MR) is 63.6 cm³/mol. The fourth-order valence-corrected chi connectivity index (χ4v) is 2.68. The normalized spacial score (nSPS) is 27.0. The summed E-state index contributed by atoms with van der Waals surface area (Å²) in [4.78, 5) is 11.4. The number of benzene rings is 1. The molecule has 0 spiro atoms. The van der Waals surface area contributed by atoms with Crippen molar-refractivity contribution in [1.29, 1.82) is 0 Å². The fraction of sp³-hybridized carbons (Fsp3) is 0.417. The monoisotopic (exact) mass is 320 g/mol. The number of alkyl halides is 2. The van der Waals surface area contributed by atoms with Gasteiger partial charge in [0.2, 0.25) is 0 Å². The lowest BCUT2D eigenvalue weighted by Gasteiger charge is -2.44. The topological polar surface area (TPSA) is 46.5 Å². The van der Waals surface area contributed by atoms with Crippen molar-refractivity contribution in [2.24, 2.45) is 0 Å². The Morgan fingerprint density at radius 3 is 2.67 bits per heavy atom. The Bertz CT molecular complexity index is 458. The van der Waals surface area contributed by atoms with Crippen LogP contribution in [0.25, 0.3) is 0 Å². The summed E-state index contributed by atoms with van der Waals surface area (Å²) >= 11 is 3.27. The van der Waals surface area contributed by atoms with Gasteiger partial charge >= 0.3 is 12.6 Å². The van der Waals surface area contributed by atoms with E-state index in [1.807, 2.05) is 0 Å². The first kappa shape index (κ1) is 13.4. The minimum Gasteiger partial charge on any atom is -0.481 e. The summed E-state index contributed by atoms with van der Waals surface area (Å²) in [7, 11) is 0. The fourth-order valence-electron chi connectivity index (χ4n) is 2.28. The Morgan fingerprint density at radius 2 is 2.17 bits per heavy atom. The van der Waals surface area contributed by atoms with E-state index in [0.717, 1.165) is 4.47 Å². The van der Waals surface area contributed by atoms with Gasteiger partial charge in [-0.25, -0.2) is 0 Å². The standard InChI is InChI=1S/C12H11BrF2O3/c13-8-3-1-2-7(4-8)12(10(16)17)5-9(6-12)18-11(14)15/h1-4,9,11H,5-6H2,(H,16,17)/t9-,12+. The summed E-state index contributed by atoms with van der Waals surface area (Å²) in [6.07, 6.45) is -0.549. The zero-order valence-corrected chi connectivity index (χ0v) is 10.9. The molecule has 0 aliphatic heterocycles. The Balaban J connectivity index is 2.19. The molecule has 1 aliphatic carbocycles. The third-order valence-electron chi connectivity index (χ3n) is 3.23. The molecule has 0 aromatic heterocycles. The van der Waals surface area contributed by atoms with Gasteiger partial charge in [-0.3, -0.25) is 4.79 Å². The van der Waals surface area contributed by atoms with Crippen LogP contribution in [-0.4, -0.2) is 23.8 Å². The lowest BCUT2D eigenvalue weighted by Crippen LogP contribution is -2.52. The lowest BCUT2D eigenvalue weighted by atomic mass is 9.62. The van der Waals surface area contributed by atoms with E-state index in [0.29, 0.717) is 5.56 Å². The third-order valence-corrected chi connectivity index (χ3v) is 3.73. The summed E-state index contributed by atoms with van der Waals surface area (Å²) < 4.78 is 29.2. The number of ether oxygens (including phenoxy) is 1. The van der Waals surface area contributed by atoms with E-state index in [1.165, 1.54) is 0 Å². The lowest BCUT2D eigenvalue weighted by molar-refractivity contribution is -0.202.